The molecule has 1 rings (SSSR count). The van der Waals surface area contributed by atoms with Crippen molar-refractivity contribution >= 4 is 0 Å². The Bertz CT molecular complexity index is 350. The van der Waals surface area contributed by atoms with E-state index in [1.807, 2.05) is 12.4 Å². The van der Waals surface area contributed by atoms with Crippen LogP contribution >= 0.6 is 0 Å². The summed E-state index contributed by atoms with van der Waals surface area (Å²) in [7, 11) is 2.19. The van der Waals surface area contributed by atoms with Crippen LogP contribution in [0.4, 0.5) is 0 Å². The minimum Gasteiger partial charge on any atom is -0.326 e. The van der Waals surface area contributed by atoms with E-state index in [0.29, 0.717) is 12.0 Å². The van der Waals surface area contributed by atoms with Gasteiger partial charge < -0.3 is 5.73 Å². The molecule has 0 aliphatic heterocycles. The number of hydrogen-bond donors (Lipinski definition) is 1. The molecule has 0 aliphatic carbocycles. The van der Waals surface area contributed by atoms with Crippen molar-refractivity contribution in [3.05, 3.63) is 30.1 Å². The van der Waals surface area contributed by atoms with Gasteiger partial charge in [-0.25, -0.2) is 0 Å². The van der Waals surface area contributed by atoms with Gasteiger partial charge in [-0.05, 0) is 50.4 Å². The minimum atomic E-state index is 0.155. The van der Waals surface area contributed by atoms with Crippen LogP contribution in [0.3, 0.4) is 0 Å². The molecule has 3 unspecified atom stereocenters. The number of nitrogens with zero attached hydrogens (tertiary/aromatic N) is 2. The first-order chi connectivity index (χ1) is 8.97. The van der Waals surface area contributed by atoms with Crippen molar-refractivity contribution in [2.45, 2.75) is 58.7 Å². The molecule has 0 fully saturated rings. The van der Waals surface area contributed by atoms with Crippen molar-refractivity contribution in [1.29, 1.82) is 0 Å². The maximum Gasteiger partial charge on any atom is 0.0499 e. The Balaban J connectivity index is 2.91. The van der Waals surface area contributed by atoms with Crippen molar-refractivity contribution in [3.8, 4) is 0 Å². The highest BCUT2D eigenvalue weighted by molar-refractivity contribution is 5.17. The zero-order valence-corrected chi connectivity index (χ0v) is 13.0. The van der Waals surface area contributed by atoms with Crippen LogP contribution in [-0.4, -0.2) is 29.0 Å². The fourth-order valence-corrected chi connectivity index (χ4v) is 2.69. The van der Waals surface area contributed by atoms with Gasteiger partial charge in [0.05, 0.1) is 0 Å². The van der Waals surface area contributed by atoms with Gasteiger partial charge >= 0.3 is 0 Å². The van der Waals surface area contributed by atoms with Crippen molar-refractivity contribution in [2.75, 3.05) is 7.05 Å². The average Bonchev–Trinajstić information content (AvgIpc) is 2.39. The van der Waals surface area contributed by atoms with Crippen LogP contribution in [-0.2, 0) is 0 Å². The lowest BCUT2D eigenvalue weighted by Gasteiger charge is -2.37. The van der Waals surface area contributed by atoms with E-state index in [1.165, 1.54) is 12.0 Å². The Morgan fingerprint density at radius 2 is 1.79 bits per heavy atom. The quantitative estimate of drug-likeness (QED) is 0.821. The highest BCUT2D eigenvalue weighted by atomic mass is 15.2. The molecule has 0 amide bonds. The van der Waals surface area contributed by atoms with E-state index in [2.05, 4.69) is 56.8 Å². The summed E-state index contributed by atoms with van der Waals surface area (Å²) in [6, 6.07) is 5.11. The first-order valence-electron chi connectivity index (χ1n) is 7.34. The second kappa shape index (κ2) is 7.61. The molecule has 0 spiro atoms. The molecule has 1 aromatic heterocycles. The van der Waals surface area contributed by atoms with Gasteiger partial charge in [-0.1, -0.05) is 20.8 Å². The Morgan fingerprint density at radius 3 is 2.26 bits per heavy atom. The third kappa shape index (κ3) is 4.59. The maximum absolute atomic E-state index is 6.36. The molecule has 0 saturated heterocycles. The van der Waals surface area contributed by atoms with Crippen LogP contribution in [0.2, 0.25) is 0 Å². The predicted molar refractivity (Wildman–Crippen MR) is 81.9 cm³/mol. The van der Waals surface area contributed by atoms with Gasteiger partial charge in [-0.15, -0.1) is 0 Å². The standard InChI is InChI=1S/C16H29N3/c1-6-15(17)16(14-7-9-18-10-8-14)19(5)13(4)11-12(2)3/h7-10,12-13,15-16H,6,11,17H2,1-5H3. The Labute approximate surface area is 118 Å². The molecule has 0 aromatic carbocycles. The van der Waals surface area contributed by atoms with Crippen molar-refractivity contribution < 1.29 is 0 Å². The van der Waals surface area contributed by atoms with E-state index in [0.717, 1.165) is 6.42 Å². The largest absolute Gasteiger partial charge is 0.326 e. The van der Waals surface area contributed by atoms with Gasteiger partial charge in [0.15, 0.2) is 0 Å². The number of likely N-dealkylation sites (N-methyl/N-ethyl adjacent to an activating group) is 1. The molecule has 1 heterocycles. The van der Waals surface area contributed by atoms with E-state index >= 15 is 0 Å². The van der Waals surface area contributed by atoms with Gasteiger partial charge in [-0.2, -0.15) is 0 Å². The van der Waals surface area contributed by atoms with Gasteiger partial charge in [-0.3, -0.25) is 9.88 Å². The number of rotatable bonds is 7. The molecular weight excluding hydrogens is 234 g/mol. The van der Waals surface area contributed by atoms with E-state index in [9.17, 15) is 0 Å². The summed E-state index contributed by atoms with van der Waals surface area (Å²) in [6.45, 7) is 8.98. The van der Waals surface area contributed by atoms with Crippen LogP contribution in [0, 0.1) is 5.92 Å². The van der Waals surface area contributed by atoms with Crippen LogP contribution in [0.25, 0.3) is 0 Å². The van der Waals surface area contributed by atoms with Gasteiger partial charge in [0.2, 0.25) is 0 Å². The second-order valence-corrected chi connectivity index (χ2v) is 5.94. The van der Waals surface area contributed by atoms with E-state index in [-0.39, 0.29) is 12.1 Å². The molecule has 3 nitrogen and oxygen atoms in total. The third-order valence-corrected chi connectivity index (χ3v) is 3.87. The summed E-state index contributed by atoms with van der Waals surface area (Å²) >= 11 is 0. The summed E-state index contributed by atoms with van der Waals surface area (Å²) in [5.74, 6) is 0.702. The molecular formula is C16H29N3. The topological polar surface area (TPSA) is 42.1 Å². The Hall–Kier alpha value is -0.930. The highest BCUT2D eigenvalue weighted by Crippen LogP contribution is 2.27. The zero-order valence-electron chi connectivity index (χ0n) is 13.0. The Kier molecular flexibility index (Phi) is 6.46. The Morgan fingerprint density at radius 1 is 1.21 bits per heavy atom. The lowest BCUT2D eigenvalue weighted by Crippen LogP contribution is -2.43. The number of pyridine rings is 1. The van der Waals surface area contributed by atoms with Crippen molar-refractivity contribution in [1.82, 2.24) is 9.88 Å². The maximum atomic E-state index is 6.36. The summed E-state index contributed by atoms with van der Waals surface area (Å²) < 4.78 is 0. The molecule has 0 saturated carbocycles. The highest BCUT2D eigenvalue weighted by Gasteiger charge is 2.26. The lowest BCUT2D eigenvalue weighted by molar-refractivity contribution is 0.142. The fourth-order valence-electron chi connectivity index (χ4n) is 2.69. The van der Waals surface area contributed by atoms with Crippen LogP contribution in [0.15, 0.2) is 24.5 Å². The number of hydrogen-bond acceptors (Lipinski definition) is 3. The molecule has 1 aromatic rings. The van der Waals surface area contributed by atoms with Gasteiger partial charge in [0.1, 0.15) is 0 Å². The molecule has 0 aliphatic rings. The van der Waals surface area contributed by atoms with E-state index < -0.39 is 0 Å². The zero-order chi connectivity index (χ0) is 14.4. The monoisotopic (exact) mass is 263 g/mol. The molecule has 108 valence electrons. The molecule has 0 bridgehead atoms. The molecule has 3 heteroatoms. The van der Waals surface area contributed by atoms with Gasteiger partial charge in [0, 0.05) is 30.5 Å². The second-order valence-electron chi connectivity index (χ2n) is 5.94. The summed E-state index contributed by atoms with van der Waals surface area (Å²) in [6.07, 6.45) is 5.87. The smallest absolute Gasteiger partial charge is 0.0499 e. The number of aromatic nitrogens is 1. The van der Waals surface area contributed by atoms with Crippen LogP contribution in [0.1, 0.15) is 52.1 Å². The van der Waals surface area contributed by atoms with E-state index in [4.69, 9.17) is 5.73 Å². The summed E-state index contributed by atoms with van der Waals surface area (Å²) in [5.41, 5.74) is 7.62. The first-order valence-corrected chi connectivity index (χ1v) is 7.34. The molecule has 2 N–H and O–H groups in total. The molecule has 0 radical (unpaired) electrons. The summed E-state index contributed by atoms with van der Waals surface area (Å²) in [4.78, 5) is 6.53. The summed E-state index contributed by atoms with van der Waals surface area (Å²) in [5, 5.41) is 0. The van der Waals surface area contributed by atoms with Gasteiger partial charge in [0.25, 0.3) is 0 Å². The molecule has 19 heavy (non-hydrogen) atoms. The number of nitrogens with two attached hydrogens (primary N) is 1. The molecule has 3 atom stereocenters. The van der Waals surface area contributed by atoms with Crippen molar-refractivity contribution in [3.63, 3.8) is 0 Å². The first kappa shape index (κ1) is 16.1. The third-order valence-electron chi connectivity index (χ3n) is 3.87. The lowest BCUT2D eigenvalue weighted by atomic mass is 9.94. The average molecular weight is 263 g/mol. The van der Waals surface area contributed by atoms with E-state index in [1.54, 1.807) is 0 Å². The minimum absolute atomic E-state index is 0.155. The van der Waals surface area contributed by atoms with Crippen molar-refractivity contribution in [2.24, 2.45) is 11.7 Å². The predicted octanol–water partition coefficient (Wildman–Crippen LogP) is 3.23. The van der Waals surface area contributed by atoms with Crippen LogP contribution < -0.4 is 5.73 Å². The SMILES string of the molecule is CCC(N)C(c1ccncc1)N(C)C(C)CC(C)C. The fraction of sp³-hybridized carbons (Fsp3) is 0.688. The van der Waals surface area contributed by atoms with Crippen LogP contribution in [0.5, 0.6) is 0 Å². The normalized spacial score (nSPS) is 16.6.